The minimum Gasteiger partial charge on any atom is -0.411 e. The Morgan fingerprint density at radius 1 is 1.33 bits per heavy atom. The second-order valence-corrected chi connectivity index (χ2v) is 4.03. The number of hydrogen-bond acceptors (Lipinski definition) is 6. The second-order valence-electron chi connectivity index (χ2n) is 4.03. The Bertz CT molecular complexity index is 267. The molecule has 2 saturated heterocycles. The van der Waals surface area contributed by atoms with Gasteiger partial charge in [-0.05, 0) is 13.8 Å². The molecular weight excluding hydrogens is 202 g/mol. The number of fused-ring (bicyclic) bond motifs is 1. The van der Waals surface area contributed by atoms with Crippen LogP contribution >= 0.6 is 0 Å². The van der Waals surface area contributed by atoms with E-state index in [1.807, 2.05) is 13.8 Å². The Labute approximate surface area is 87.7 Å². The van der Waals surface area contributed by atoms with Gasteiger partial charge < -0.3 is 24.2 Å². The number of rotatable bonds is 2. The molecule has 6 nitrogen and oxygen atoms in total. The van der Waals surface area contributed by atoms with Crippen LogP contribution in [0.5, 0.6) is 0 Å². The molecule has 6 heteroatoms. The first-order valence-electron chi connectivity index (χ1n) is 4.79. The van der Waals surface area contributed by atoms with Crippen molar-refractivity contribution in [2.24, 2.45) is 5.16 Å². The summed E-state index contributed by atoms with van der Waals surface area (Å²) in [6.07, 6.45) is -0.220. The van der Waals surface area contributed by atoms with E-state index in [0.29, 0.717) is 0 Å². The normalized spacial score (nSPS) is 43.7. The summed E-state index contributed by atoms with van der Waals surface area (Å²) in [5.74, 6) is -0.655. The van der Waals surface area contributed by atoms with Crippen molar-refractivity contribution in [2.45, 2.75) is 44.2 Å². The summed E-state index contributed by atoms with van der Waals surface area (Å²) in [5.41, 5.74) is 0. The van der Waals surface area contributed by atoms with Crippen molar-refractivity contribution in [2.75, 3.05) is 7.11 Å². The van der Waals surface area contributed by atoms with E-state index in [-0.39, 0.29) is 12.2 Å². The van der Waals surface area contributed by atoms with Crippen molar-refractivity contribution in [1.29, 1.82) is 0 Å². The number of methoxy groups -OCH3 is 1. The highest BCUT2D eigenvalue weighted by atomic mass is 16.8. The first kappa shape index (κ1) is 10.8. The summed E-state index contributed by atoms with van der Waals surface area (Å²) in [7, 11) is 1.54. The van der Waals surface area contributed by atoms with Crippen LogP contribution in [0.1, 0.15) is 13.8 Å². The van der Waals surface area contributed by atoms with Gasteiger partial charge in [-0.15, -0.1) is 0 Å². The molecule has 0 spiro atoms. The largest absolute Gasteiger partial charge is 0.411 e. The maximum Gasteiger partial charge on any atom is 0.187 e. The molecule has 0 bridgehead atoms. The molecule has 0 aromatic carbocycles. The fourth-order valence-corrected chi connectivity index (χ4v) is 1.97. The summed E-state index contributed by atoms with van der Waals surface area (Å²) in [6.45, 7) is 3.65. The molecule has 2 aliphatic heterocycles. The molecule has 86 valence electrons. The average Bonchev–Trinajstić information content (AvgIpc) is 2.61. The third-order valence-corrected chi connectivity index (χ3v) is 2.49. The minimum absolute atomic E-state index is 0.284. The smallest absolute Gasteiger partial charge is 0.187 e. The molecule has 0 aromatic rings. The Morgan fingerprint density at radius 3 is 2.60 bits per heavy atom. The topological polar surface area (TPSA) is 69.5 Å². The number of nitrogens with zero attached hydrogens (tertiary/aromatic N) is 1. The molecule has 4 atom stereocenters. The first-order chi connectivity index (χ1) is 7.07. The molecule has 0 aromatic heterocycles. The molecule has 2 heterocycles. The zero-order chi connectivity index (χ0) is 11.1. The summed E-state index contributed by atoms with van der Waals surface area (Å²) in [6, 6.07) is 0. The summed E-state index contributed by atoms with van der Waals surface area (Å²) in [4.78, 5) is 0. The van der Waals surface area contributed by atoms with Gasteiger partial charge in [-0.25, -0.2) is 0 Å². The van der Waals surface area contributed by atoms with Crippen LogP contribution in [0.4, 0.5) is 0 Å². The summed E-state index contributed by atoms with van der Waals surface area (Å²) < 4.78 is 21.8. The van der Waals surface area contributed by atoms with Crippen LogP contribution in [0.3, 0.4) is 0 Å². The minimum atomic E-state index is -0.655. The lowest BCUT2D eigenvalue weighted by Crippen LogP contribution is -2.30. The lowest BCUT2D eigenvalue weighted by atomic mass is 10.1. The fraction of sp³-hybridized carbons (Fsp3) is 0.889. The van der Waals surface area contributed by atoms with Gasteiger partial charge in [-0.3, -0.25) is 0 Å². The second kappa shape index (κ2) is 3.71. The van der Waals surface area contributed by atoms with Crippen molar-refractivity contribution < 1.29 is 24.2 Å². The van der Waals surface area contributed by atoms with Crippen molar-refractivity contribution in [1.82, 2.24) is 0 Å². The standard InChI is InChI=1S/C9H15NO5/c1-9(2)14-6-5(4-10-11)13-8(12-3)7(6)15-9/h4-8,11H,1-3H3/b10-4+/t5-,6-,7-,8?/m1/s1. The van der Waals surface area contributed by atoms with Gasteiger partial charge in [0, 0.05) is 7.11 Å². The molecule has 2 fully saturated rings. The van der Waals surface area contributed by atoms with Gasteiger partial charge in [0.2, 0.25) is 0 Å². The maximum atomic E-state index is 8.49. The monoisotopic (exact) mass is 217 g/mol. The van der Waals surface area contributed by atoms with E-state index >= 15 is 0 Å². The van der Waals surface area contributed by atoms with Crippen LogP contribution in [0.2, 0.25) is 0 Å². The molecule has 0 radical (unpaired) electrons. The molecule has 0 saturated carbocycles. The van der Waals surface area contributed by atoms with Gasteiger partial charge in [-0.2, -0.15) is 0 Å². The number of ether oxygens (including phenoxy) is 4. The molecule has 2 aliphatic rings. The Hall–Kier alpha value is -0.690. The molecular formula is C9H15NO5. The molecule has 2 rings (SSSR count). The van der Waals surface area contributed by atoms with Crippen molar-refractivity contribution in [3.8, 4) is 0 Å². The van der Waals surface area contributed by atoms with E-state index in [0.717, 1.165) is 0 Å². The third-order valence-electron chi connectivity index (χ3n) is 2.49. The Balaban J connectivity index is 2.15. The molecule has 0 amide bonds. The molecule has 0 aliphatic carbocycles. The van der Waals surface area contributed by atoms with Crippen LogP contribution in [0.25, 0.3) is 0 Å². The van der Waals surface area contributed by atoms with E-state index < -0.39 is 18.2 Å². The highest BCUT2D eigenvalue weighted by Gasteiger charge is 2.55. The van der Waals surface area contributed by atoms with Crippen LogP contribution in [-0.2, 0) is 18.9 Å². The Morgan fingerprint density at radius 2 is 2.00 bits per heavy atom. The van der Waals surface area contributed by atoms with E-state index in [1.54, 1.807) is 0 Å². The van der Waals surface area contributed by atoms with E-state index in [9.17, 15) is 0 Å². The van der Waals surface area contributed by atoms with Crippen LogP contribution in [0.15, 0.2) is 5.16 Å². The highest BCUT2D eigenvalue weighted by Crippen LogP contribution is 2.38. The van der Waals surface area contributed by atoms with E-state index in [4.69, 9.17) is 24.2 Å². The van der Waals surface area contributed by atoms with Gasteiger partial charge in [0.25, 0.3) is 0 Å². The SMILES string of the molecule is COC1O[C@H](/C=N/O)[C@H]2OC(C)(C)O[C@@H]12. The first-order valence-corrected chi connectivity index (χ1v) is 4.79. The molecule has 1 unspecified atom stereocenters. The van der Waals surface area contributed by atoms with E-state index in [2.05, 4.69) is 5.16 Å². The number of oxime groups is 1. The van der Waals surface area contributed by atoms with Gasteiger partial charge in [-0.1, -0.05) is 5.16 Å². The quantitative estimate of drug-likeness (QED) is 0.410. The van der Waals surface area contributed by atoms with Gasteiger partial charge in [0.15, 0.2) is 12.1 Å². The fourth-order valence-electron chi connectivity index (χ4n) is 1.97. The van der Waals surface area contributed by atoms with Crippen LogP contribution < -0.4 is 0 Å². The Kier molecular flexibility index (Phi) is 2.68. The van der Waals surface area contributed by atoms with Crippen molar-refractivity contribution in [3.63, 3.8) is 0 Å². The van der Waals surface area contributed by atoms with Gasteiger partial charge >= 0.3 is 0 Å². The number of hydrogen-bond donors (Lipinski definition) is 1. The lowest BCUT2D eigenvalue weighted by molar-refractivity contribution is -0.218. The average molecular weight is 217 g/mol. The molecule has 1 N–H and O–H groups in total. The molecule has 15 heavy (non-hydrogen) atoms. The van der Waals surface area contributed by atoms with Crippen molar-refractivity contribution >= 4 is 6.21 Å². The highest BCUT2D eigenvalue weighted by molar-refractivity contribution is 5.64. The summed E-state index contributed by atoms with van der Waals surface area (Å²) in [5, 5.41) is 11.4. The van der Waals surface area contributed by atoms with Crippen molar-refractivity contribution in [3.05, 3.63) is 0 Å². The van der Waals surface area contributed by atoms with Crippen LogP contribution in [0, 0.1) is 0 Å². The zero-order valence-corrected chi connectivity index (χ0v) is 8.91. The van der Waals surface area contributed by atoms with Gasteiger partial charge in [0.1, 0.15) is 18.3 Å². The van der Waals surface area contributed by atoms with Crippen LogP contribution in [-0.4, -0.2) is 48.9 Å². The lowest BCUT2D eigenvalue weighted by Gasteiger charge is -2.22. The van der Waals surface area contributed by atoms with E-state index in [1.165, 1.54) is 13.3 Å². The zero-order valence-electron chi connectivity index (χ0n) is 8.91. The predicted molar refractivity (Wildman–Crippen MR) is 49.8 cm³/mol. The third kappa shape index (κ3) is 1.85. The maximum absolute atomic E-state index is 8.49. The summed E-state index contributed by atoms with van der Waals surface area (Å²) >= 11 is 0. The van der Waals surface area contributed by atoms with Gasteiger partial charge in [0.05, 0.1) is 6.21 Å². The predicted octanol–water partition coefficient (Wildman–Crippen LogP) is 0.338.